The number of carbonyl (C=O) groups excluding carboxylic acids is 4. The first-order chi connectivity index (χ1) is 17.0. The third-order valence-corrected chi connectivity index (χ3v) is 8.21. The SMILES string of the molecule is CC(=O)O[C@@H]1C/C(C)=C\[C@@H]2OC(=O)[C@]3(C)O[C@]23[C@@H](OC(C)=O)[C@H]2[C@](C)(O)[C@H](OC(C)=O)C=C[C@]2(C)[C@@H]1O. The molecule has 0 bridgehead atoms. The lowest BCUT2D eigenvalue weighted by Gasteiger charge is -2.55. The van der Waals surface area contributed by atoms with E-state index >= 15 is 0 Å². The van der Waals surface area contributed by atoms with Gasteiger partial charge in [-0.15, -0.1) is 0 Å². The van der Waals surface area contributed by atoms with Crippen LogP contribution in [0.5, 0.6) is 0 Å². The highest BCUT2D eigenvalue weighted by atomic mass is 16.7. The number of ether oxygens (including phenoxy) is 5. The minimum absolute atomic E-state index is 0.0888. The largest absolute Gasteiger partial charge is 0.459 e. The Kier molecular flexibility index (Phi) is 6.37. The van der Waals surface area contributed by atoms with Gasteiger partial charge in [-0.2, -0.15) is 0 Å². The van der Waals surface area contributed by atoms with Crippen LogP contribution in [0.15, 0.2) is 23.8 Å². The summed E-state index contributed by atoms with van der Waals surface area (Å²) in [5.41, 5.74) is -5.78. The maximum Gasteiger partial charge on any atom is 0.342 e. The van der Waals surface area contributed by atoms with Gasteiger partial charge in [0.2, 0.25) is 0 Å². The number of hydrogen-bond acceptors (Lipinski definition) is 11. The van der Waals surface area contributed by atoms with Crippen LogP contribution in [0, 0.1) is 11.3 Å². The summed E-state index contributed by atoms with van der Waals surface area (Å²) < 4.78 is 28.5. The number of epoxide rings is 1. The van der Waals surface area contributed by atoms with E-state index in [0.717, 1.165) is 0 Å². The van der Waals surface area contributed by atoms with E-state index in [4.69, 9.17) is 23.7 Å². The molecule has 2 saturated heterocycles. The van der Waals surface area contributed by atoms with Gasteiger partial charge in [-0.05, 0) is 32.9 Å². The highest BCUT2D eigenvalue weighted by Crippen LogP contribution is 2.65. The molecular weight excluding hydrogens is 488 g/mol. The van der Waals surface area contributed by atoms with Crippen LogP contribution in [0.25, 0.3) is 0 Å². The Balaban J connectivity index is 2.00. The molecule has 0 radical (unpaired) electrons. The van der Waals surface area contributed by atoms with E-state index in [9.17, 15) is 29.4 Å². The van der Waals surface area contributed by atoms with Gasteiger partial charge in [-0.25, -0.2) is 4.79 Å². The van der Waals surface area contributed by atoms with Crippen molar-refractivity contribution < 1.29 is 53.1 Å². The molecule has 0 aromatic rings. The second kappa shape index (κ2) is 8.64. The first kappa shape index (κ1) is 27.3. The topological polar surface area (TPSA) is 158 Å². The van der Waals surface area contributed by atoms with Crippen molar-refractivity contribution in [3.8, 4) is 0 Å². The van der Waals surface area contributed by atoms with Crippen LogP contribution in [-0.4, -0.2) is 81.4 Å². The molecule has 1 spiro atoms. The monoisotopic (exact) mass is 522 g/mol. The van der Waals surface area contributed by atoms with Crippen LogP contribution in [0.4, 0.5) is 0 Å². The van der Waals surface area contributed by atoms with Crippen molar-refractivity contribution in [2.75, 3.05) is 0 Å². The van der Waals surface area contributed by atoms with Crippen LogP contribution < -0.4 is 0 Å². The Morgan fingerprint density at radius 3 is 2.16 bits per heavy atom. The molecular formula is C26H34O11. The second-order valence-corrected chi connectivity index (χ2v) is 11.1. The molecule has 37 heavy (non-hydrogen) atoms. The fourth-order valence-electron chi connectivity index (χ4n) is 6.52. The van der Waals surface area contributed by atoms with Gasteiger partial charge < -0.3 is 33.9 Å². The summed E-state index contributed by atoms with van der Waals surface area (Å²) in [6.07, 6.45) is -1.33. The molecule has 2 heterocycles. The van der Waals surface area contributed by atoms with Crippen molar-refractivity contribution in [3.63, 3.8) is 0 Å². The molecule has 2 aliphatic heterocycles. The van der Waals surface area contributed by atoms with Crippen LogP contribution in [0.2, 0.25) is 0 Å². The Bertz CT molecular complexity index is 1090. The molecule has 0 aromatic carbocycles. The predicted octanol–water partition coefficient (Wildman–Crippen LogP) is 0.889. The molecule has 11 heteroatoms. The summed E-state index contributed by atoms with van der Waals surface area (Å²) in [5, 5.41) is 23.8. The maximum absolute atomic E-state index is 12.9. The molecule has 4 aliphatic rings. The van der Waals surface area contributed by atoms with Crippen molar-refractivity contribution in [1.82, 2.24) is 0 Å². The Morgan fingerprint density at radius 2 is 1.62 bits per heavy atom. The van der Waals surface area contributed by atoms with Crippen molar-refractivity contribution in [1.29, 1.82) is 0 Å². The molecule has 10 atom stereocenters. The van der Waals surface area contributed by atoms with Gasteiger partial charge >= 0.3 is 23.9 Å². The van der Waals surface area contributed by atoms with Crippen LogP contribution in [0.1, 0.15) is 54.9 Å². The minimum Gasteiger partial charge on any atom is -0.459 e. The van der Waals surface area contributed by atoms with E-state index in [2.05, 4.69) is 0 Å². The third kappa shape index (κ3) is 3.98. The van der Waals surface area contributed by atoms with Crippen LogP contribution in [0.3, 0.4) is 0 Å². The lowest BCUT2D eigenvalue weighted by molar-refractivity contribution is -0.222. The number of esters is 4. The highest BCUT2D eigenvalue weighted by Gasteiger charge is 2.87. The maximum atomic E-state index is 12.9. The Labute approximate surface area is 214 Å². The van der Waals surface area contributed by atoms with Gasteiger partial charge in [0, 0.05) is 38.5 Å². The number of aliphatic hydroxyl groups excluding tert-OH is 1. The second-order valence-electron chi connectivity index (χ2n) is 11.1. The van der Waals surface area contributed by atoms with E-state index in [1.165, 1.54) is 40.7 Å². The molecule has 0 amide bonds. The van der Waals surface area contributed by atoms with Gasteiger partial charge in [0.1, 0.15) is 30.0 Å². The van der Waals surface area contributed by atoms with Gasteiger partial charge in [0.15, 0.2) is 17.3 Å². The smallest absolute Gasteiger partial charge is 0.342 e. The van der Waals surface area contributed by atoms with Gasteiger partial charge in [0.25, 0.3) is 0 Å². The first-order valence-corrected chi connectivity index (χ1v) is 12.2. The molecule has 2 aliphatic carbocycles. The summed E-state index contributed by atoms with van der Waals surface area (Å²) in [6, 6.07) is 0. The number of fused-ring (bicyclic) bond motifs is 1. The summed E-state index contributed by atoms with van der Waals surface area (Å²) in [4.78, 5) is 49.3. The lowest BCUT2D eigenvalue weighted by atomic mass is 9.55. The molecule has 0 aromatic heterocycles. The molecule has 0 saturated carbocycles. The molecule has 4 rings (SSSR count). The number of hydrogen-bond donors (Lipinski definition) is 2. The van der Waals surface area contributed by atoms with E-state index in [-0.39, 0.29) is 6.42 Å². The average molecular weight is 523 g/mol. The predicted molar refractivity (Wildman–Crippen MR) is 125 cm³/mol. The molecule has 2 fully saturated rings. The van der Waals surface area contributed by atoms with E-state index < -0.39 is 82.5 Å². The quantitative estimate of drug-likeness (QED) is 0.235. The fraction of sp³-hybridized carbons (Fsp3) is 0.692. The minimum atomic E-state index is -1.95. The zero-order chi connectivity index (χ0) is 27.7. The summed E-state index contributed by atoms with van der Waals surface area (Å²) in [6.45, 7) is 9.85. The van der Waals surface area contributed by atoms with Gasteiger partial charge in [-0.1, -0.05) is 18.6 Å². The third-order valence-electron chi connectivity index (χ3n) is 8.21. The van der Waals surface area contributed by atoms with Crippen molar-refractivity contribution in [3.05, 3.63) is 23.8 Å². The standard InChI is InChI=1S/C26H34O11/c1-12-10-16(33-13(2)27)20(30)23(5)9-8-17(34-14(3)28)24(6,32)19(23)21(35-15(4)29)26-18(11-12)36-22(31)25(26,7)37-26/h8-9,11,16-21,30,32H,10H2,1-7H3/b12-11-/t16-,17-,18+,19-,20-,21+,23+,24-,25+,26+/m1/s1. The Morgan fingerprint density at radius 1 is 1.03 bits per heavy atom. The lowest BCUT2D eigenvalue weighted by Crippen LogP contribution is -2.68. The van der Waals surface area contributed by atoms with E-state index in [1.54, 1.807) is 26.0 Å². The summed E-state index contributed by atoms with van der Waals surface area (Å²) in [7, 11) is 0. The van der Waals surface area contributed by atoms with Gasteiger partial charge in [-0.3, -0.25) is 14.4 Å². The summed E-state index contributed by atoms with van der Waals surface area (Å²) in [5.74, 6) is -3.91. The van der Waals surface area contributed by atoms with Gasteiger partial charge in [0.05, 0.1) is 0 Å². The van der Waals surface area contributed by atoms with Crippen LogP contribution in [-0.2, 0) is 42.9 Å². The number of rotatable bonds is 3. The molecule has 204 valence electrons. The van der Waals surface area contributed by atoms with Crippen molar-refractivity contribution >= 4 is 23.9 Å². The zero-order valence-corrected chi connectivity index (χ0v) is 22.0. The van der Waals surface area contributed by atoms with Crippen molar-refractivity contribution in [2.45, 2.75) is 102 Å². The fourth-order valence-corrected chi connectivity index (χ4v) is 6.52. The summed E-state index contributed by atoms with van der Waals surface area (Å²) >= 11 is 0. The zero-order valence-electron chi connectivity index (χ0n) is 22.0. The molecule has 11 nitrogen and oxygen atoms in total. The highest BCUT2D eigenvalue weighted by molar-refractivity contribution is 5.89. The first-order valence-electron chi connectivity index (χ1n) is 12.2. The normalized spacial score (nSPS) is 47.7. The van der Waals surface area contributed by atoms with Crippen LogP contribution >= 0.6 is 0 Å². The molecule has 2 N–H and O–H groups in total. The molecule has 0 unspecified atom stereocenters. The van der Waals surface area contributed by atoms with E-state index in [1.807, 2.05) is 0 Å². The Hall–Kier alpha value is -2.76. The van der Waals surface area contributed by atoms with Crippen molar-refractivity contribution in [2.24, 2.45) is 11.3 Å². The number of carbonyl (C=O) groups is 4. The number of aliphatic hydroxyl groups is 2. The van der Waals surface area contributed by atoms with E-state index in [0.29, 0.717) is 5.57 Å². The average Bonchev–Trinajstić information content (AvgIpc) is 3.34.